The van der Waals surface area contributed by atoms with Crippen LogP contribution in [0.2, 0.25) is 0 Å². The van der Waals surface area contributed by atoms with Crippen LogP contribution in [0.3, 0.4) is 0 Å². The summed E-state index contributed by atoms with van der Waals surface area (Å²) in [5.74, 6) is -4.21. The second kappa shape index (κ2) is 7.64. The quantitative estimate of drug-likeness (QED) is 0.659. The number of methoxy groups -OCH3 is 1. The highest BCUT2D eigenvalue weighted by Crippen LogP contribution is 2.33. The summed E-state index contributed by atoms with van der Waals surface area (Å²) in [7, 11) is 1.36. The maximum atomic E-state index is 14.0. The number of amides is 1. The summed E-state index contributed by atoms with van der Waals surface area (Å²) in [5, 5.41) is 11.5. The van der Waals surface area contributed by atoms with Gasteiger partial charge in [0.05, 0.1) is 12.7 Å². The van der Waals surface area contributed by atoms with Gasteiger partial charge in [-0.2, -0.15) is 0 Å². The van der Waals surface area contributed by atoms with Crippen molar-refractivity contribution in [2.45, 2.75) is 6.92 Å². The van der Waals surface area contributed by atoms with Crippen LogP contribution in [0.15, 0.2) is 48.5 Å². The van der Waals surface area contributed by atoms with E-state index in [9.17, 15) is 23.1 Å². The fourth-order valence-electron chi connectivity index (χ4n) is 2.89. The van der Waals surface area contributed by atoms with Gasteiger partial charge in [0.25, 0.3) is 5.91 Å². The molecule has 144 valence electrons. The Morgan fingerprint density at radius 3 is 2.46 bits per heavy atom. The van der Waals surface area contributed by atoms with E-state index in [0.717, 1.165) is 12.1 Å². The lowest BCUT2D eigenvalue weighted by molar-refractivity contribution is 0.102. The molecule has 0 unspecified atom stereocenters. The molecule has 3 aromatic carbocycles. The van der Waals surface area contributed by atoms with E-state index < -0.39 is 34.8 Å². The lowest BCUT2D eigenvalue weighted by Gasteiger charge is -2.15. The molecule has 0 saturated heterocycles. The van der Waals surface area contributed by atoms with E-state index in [1.165, 1.54) is 31.4 Å². The summed E-state index contributed by atoms with van der Waals surface area (Å²) in [5.41, 5.74) is 0.852. The van der Waals surface area contributed by atoms with Gasteiger partial charge in [-0.3, -0.25) is 4.79 Å². The number of halogens is 3. The summed E-state index contributed by atoms with van der Waals surface area (Å²) in [6.45, 7) is 1.69. The third-order valence-electron chi connectivity index (χ3n) is 4.19. The number of hydrogen-bond donors (Lipinski definition) is 2. The molecule has 3 rings (SSSR count). The number of benzene rings is 3. The van der Waals surface area contributed by atoms with Crippen molar-refractivity contribution >= 4 is 11.6 Å². The maximum absolute atomic E-state index is 14.0. The van der Waals surface area contributed by atoms with Crippen molar-refractivity contribution in [1.82, 2.24) is 0 Å². The van der Waals surface area contributed by atoms with Gasteiger partial charge in [0.2, 0.25) is 0 Å². The molecular formula is C21H16F3NO3. The van der Waals surface area contributed by atoms with E-state index in [0.29, 0.717) is 16.7 Å². The fourth-order valence-corrected chi connectivity index (χ4v) is 2.89. The van der Waals surface area contributed by atoms with E-state index in [1.54, 1.807) is 19.1 Å². The predicted octanol–water partition coefficient (Wildman–Crippen LogP) is 5.05. The number of phenolic OH excluding ortho intramolecular Hbond substituents is 1. The van der Waals surface area contributed by atoms with Crippen molar-refractivity contribution in [3.8, 4) is 22.6 Å². The molecule has 2 N–H and O–H groups in total. The molecule has 0 aliphatic carbocycles. The van der Waals surface area contributed by atoms with Gasteiger partial charge in [0.15, 0.2) is 11.6 Å². The van der Waals surface area contributed by atoms with Gasteiger partial charge in [-0.15, -0.1) is 0 Å². The van der Waals surface area contributed by atoms with Gasteiger partial charge in [0, 0.05) is 0 Å². The van der Waals surface area contributed by atoms with Crippen LogP contribution in [-0.2, 0) is 0 Å². The molecule has 0 atom stereocenters. The monoisotopic (exact) mass is 387 g/mol. The van der Waals surface area contributed by atoms with E-state index in [1.807, 2.05) is 0 Å². The number of carbonyl (C=O) groups is 1. The molecular weight excluding hydrogens is 371 g/mol. The molecule has 1 amide bonds. The van der Waals surface area contributed by atoms with Gasteiger partial charge in [-0.1, -0.05) is 12.1 Å². The average molecular weight is 387 g/mol. The topological polar surface area (TPSA) is 58.6 Å². The second-order valence-electron chi connectivity index (χ2n) is 6.09. The van der Waals surface area contributed by atoms with Gasteiger partial charge < -0.3 is 15.2 Å². The number of anilines is 1. The molecule has 4 nitrogen and oxygen atoms in total. The largest absolute Gasteiger partial charge is 0.505 e. The number of aryl methyl sites for hydroxylation is 1. The van der Waals surface area contributed by atoms with Crippen molar-refractivity contribution in [2.75, 3.05) is 12.4 Å². The first-order chi connectivity index (χ1) is 13.3. The number of hydrogen-bond acceptors (Lipinski definition) is 3. The number of rotatable bonds is 4. The minimum absolute atomic E-state index is 0.00361. The van der Waals surface area contributed by atoms with E-state index in [-0.39, 0.29) is 11.3 Å². The molecule has 7 heteroatoms. The minimum atomic E-state index is -1.29. The Hall–Kier alpha value is -3.48. The first-order valence-corrected chi connectivity index (χ1v) is 8.24. The summed E-state index contributed by atoms with van der Waals surface area (Å²) < 4.78 is 46.8. The highest BCUT2D eigenvalue weighted by molar-refractivity contribution is 6.07. The van der Waals surface area contributed by atoms with Crippen LogP contribution in [0.5, 0.6) is 11.5 Å². The van der Waals surface area contributed by atoms with Gasteiger partial charge in [-0.05, 0) is 60.0 Å². The third-order valence-corrected chi connectivity index (χ3v) is 4.19. The van der Waals surface area contributed by atoms with Crippen LogP contribution in [0, 0.1) is 24.4 Å². The Balaban J connectivity index is 2.08. The van der Waals surface area contributed by atoms with Gasteiger partial charge >= 0.3 is 0 Å². The minimum Gasteiger partial charge on any atom is -0.505 e. The van der Waals surface area contributed by atoms with Crippen molar-refractivity contribution in [3.05, 3.63) is 77.1 Å². The van der Waals surface area contributed by atoms with Crippen LogP contribution >= 0.6 is 0 Å². The zero-order valence-electron chi connectivity index (χ0n) is 15.0. The summed E-state index contributed by atoms with van der Waals surface area (Å²) in [6.07, 6.45) is 0. The fraction of sp³-hybridized carbons (Fsp3) is 0.0952. The van der Waals surface area contributed by atoms with Crippen molar-refractivity contribution in [3.63, 3.8) is 0 Å². The number of carbonyl (C=O) groups excluding carboxylic acids is 1. The molecule has 0 radical (unpaired) electrons. The number of ether oxygens (including phenoxy) is 1. The Morgan fingerprint density at radius 2 is 1.79 bits per heavy atom. The molecule has 3 aromatic rings. The van der Waals surface area contributed by atoms with Gasteiger partial charge in [0.1, 0.15) is 23.1 Å². The zero-order valence-corrected chi connectivity index (χ0v) is 15.0. The molecule has 0 bridgehead atoms. The number of aromatic hydroxyl groups is 1. The van der Waals surface area contributed by atoms with Crippen LogP contribution in [0.25, 0.3) is 11.1 Å². The molecule has 0 fully saturated rings. The Kier molecular flexibility index (Phi) is 5.26. The van der Waals surface area contributed by atoms with Gasteiger partial charge in [-0.25, -0.2) is 13.2 Å². The van der Waals surface area contributed by atoms with E-state index in [4.69, 9.17) is 4.74 Å². The normalized spacial score (nSPS) is 10.6. The van der Waals surface area contributed by atoms with Crippen LogP contribution < -0.4 is 10.1 Å². The molecule has 0 spiro atoms. The smallest absolute Gasteiger partial charge is 0.259 e. The summed E-state index contributed by atoms with van der Waals surface area (Å²) in [4.78, 5) is 12.7. The highest BCUT2D eigenvalue weighted by Gasteiger charge is 2.21. The van der Waals surface area contributed by atoms with Crippen LogP contribution in [-0.4, -0.2) is 18.1 Å². The van der Waals surface area contributed by atoms with Crippen LogP contribution in [0.1, 0.15) is 15.9 Å². The molecule has 0 aliphatic heterocycles. The van der Waals surface area contributed by atoms with E-state index >= 15 is 0 Å². The Labute approximate surface area is 159 Å². The third kappa shape index (κ3) is 3.64. The molecule has 0 aromatic heterocycles. The molecule has 28 heavy (non-hydrogen) atoms. The standard InChI is InChI=1S/C21H16F3NO3/c1-11-8-13(12-4-3-5-14(22)9-12)10-15(20(11)28-2)21(27)25-19-16(23)6-7-17(26)18(19)24/h3-10,26H,1-2H3,(H,25,27). The number of phenols is 1. The van der Waals surface area contributed by atoms with Crippen LogP contribution in [0.4, 0.5) is 18.9 Å². The zero-order chi connectivity index (χ0) is 20.4. The highest BCUT2D eigenvalue weighted by atomic mass is 19.1. The first-order valence-electron chi connectivity index (χ1n) is 8.24. The summed E-state index contributed by atoms with van der Waals surface area (Å²) >= 11 is 0. The van der Waals surface area contributed by atoms with Crippen molar-refractivity contribution in [2.24, 2.45) is 0 Å². The first kappa shape index (κ1) is 19.3. The molecule has 0 heterocycles. The maximum Gasteiger partial charge on any atom is 0.259 e. The van der Waals surface area contributed by atoms with E-state index in [2.05, 4.69) is 5.32 Å². The lowest BCUT2D eigenvalue weighted by atomic mass is 9.98. The molecule has 0 saturated carbocycles. The lowest BCUT2D eigenvalue weighted by Crippen LogP contribution is -2.16. The Bertz CT molecular complexity index is 1070. The second-order valence-corrected chi connectivity index (χ2v) is 6.09. The average Bonchev–Trinajstić information content (AvgIpc) is 2.67. The van der Waals surface area contributed by atoms with Crippen molar-refractivity contribution < 1.29 is 27.8 Å². The predicted molar refractivity (Wildman–Crippen MR) is 99.1 cm³/mol. The van der Waals surface area contributed by atoms with Crippen molar-refractivity contribution in [1.29, 1.82) is 0 Å². The molecule has 0 aliphatic rings. The Morgan fingerprint density at radius 1 is 1.04 bits per heavy atom. The number of nitrogens with one attached hydrogen (secondary N) is 1. The SMILES string of the molecule is COc1c(C)cc(-c2cccc(F)c2)cc1C(=O)Nc1c(F)ccc(O)c1F. The summed E-state index contributed by atoms with van der Waals surface area (Å²) in [6, 6.07) is 10.6.